The van der Waals surface area contributed by atoms with Gasteiger partial charge in [0.25, 0.3) is 0 Å². The maximum atomic E-state index is 7.96. The Labute approximate surface area is 121 Å². The molecule has 0 radical (unpaired) electrons. The predicted octanol–water partition coefficient (Wildman–Crippen LogP) is 4.12. The lowest BCUT2D eigenvalue weighted by molar-refractivity contribution is 0.871. The summed E-state index contributed by atoms with van der Waals surface area (Å²) in [4.78, 5) is 0. The van der Waals surface area contributed by atoms with Gasteiger partial charge in [-0.15, -0.1) is 0 Å². The summed E-state index contributed by atoms with van der Waals surface area (Å²) in [7, 11) is 0. The highest BCUT2D eigenvalue weighted by Crippen LogP contribution is 2.12. The minimum absolute atomic E-state index is 0.488. The van der Waals surface area contributed by atoms with Crippen molar-refractivity contribution in [1.82, 2.24) is 5.32 Å². The summed E-state index contributed by atoms with van der Waals surface area (Å²) in [5.41, 5.74) is 2.61. The van der Waals surface area contributed by atoms with Crippen molar-refractivity contribution in [1.29, 1.82) is 5.41 Å². The van der Waals surface area contributed by atoms with Crippen molar-refractivity contribution in [3.05, 3.63) is 82.5 Å². The van der Waals surface area contributed by atoms with E-state index < -0.39 is 0 Å². The second-order valence-electron chi connectivity index (χ2n) is 4.12. The topological polar surface area (TPSA) is 35.9 Å². The van der Waals surface area contributed by atoms with Gasteiger partial charge in [0.15, 0.2) is 0 Å². The molecular formula is C16H15BrN2. The van der Waals surface area contributed by atoms with Crippen molar-refractivity contribution in [2.75, 3.05) is 0 Å². The van der Waals surface area contributed by atoms with Crippen molar-refractivity contribution in [2.45, 2.75) is 6.54 Å². The van der Waals surface area contributed by atoms with E-state index in [9.17, 15) is 0 Å². The van der Waals surface area contributed by atoms with Crippen molar-refractivity contribution in [3.8, 4) is 0 Å². The molecule has 0 aliphatic carbocycles. The molecule has 2 aromatic carbocycles. The average Bonchev–Trinajstić information content (AvgIpc) is 2.44. The second-order valence-corrected chi connectivity index (χ2v) is 5.04. The van der Waals surface area contributed by atoms with Gasteiger partial charge in [0.05, 0.1) is 5.71 Å². The fourth-order valence-corrected chi connectivity index (χ4v) is 2.07. The number of allylic oxidation sites excluding steroid dienone is 1. The molecule has 0 saturated heterocycles. The normalized spacial score (nSPS) is 10.6. The van der Waals surface area contributed by atoms with Gasteiger partial charge in [-0.3, -0.25) is 0 Å². The molecule has 0 aliphatic heterocycles. The summed E-state index contributed by atoms with van der Waals surface area (Å²) < 4.78 is 0.986. The van der Waals surface area contributed by atoms with Gasteiger partial charge < -0.3 is 10.7 Å². The minimum atomic E-state index is 0.488. The second kappa shape index (κ2) is 6.90. The van der Waals surface area contributed by atoms with Crippen molar-refractivity contribution in [3.63, 3.8) is 0 Å². The molecule has 0 amide bonds. The summed E-state index contributed by atoms with van der Waals surface area (Å²) in [6, 6.07) is 17.9. The number of hydrogen-bond acceptors (Lipinski definition) is 2. The zero-order valence-electron chi connectivity index (χ0n) is 10.4. The van der Waals surface area contributed by atoms with Crippen LogP contribution in [-0.2, 0) is 6.54 Å². The number of rotatable bonds is 5. The molecule has 0 saturated carbocycles. The number of benzene rings is 2. The van der Waals surface area contributed by atoms with Gasteiger partial charge >= 0.3 is 0 Å². The molecule has 0 bridgehead atoms. The van der Waals surface area contributed by atoms with Crippen molar-refractivity contribution in [2.24, 2.45) is 0 Å². The molecule has 2 nitrogen and oxygen atoms in total. The molecule has 0 heterocycles. The van der Waals surface area contributed by atoms with Gasteiger partial charge in [0.2, 0.25) is 0 Å². The zero-order chi connectivity index (χ0) is 13.5. The van der Waals surface area contributed by atoms with E-state index in [-0.39, 0.29) is 0 Å². The molecule has 19 heavy (non-hydrogen) atoms. The molecule has 0 spiro atoms. The Morgan fingerprint density at radius 2 is 1.89 bits per heavy atom. The molecule has 2 N–H and O–H groups in total. The zero-order valence-corrected chi connectivity index (χ0v) is 12.0. The molecule has 2 rings (SSSR count). The maximum absolute atomic E-state index is 7.96. The van der Waals surface area contributed by atoms with Gasteiger partial charge in [0.1, 0.15) is 0 Å². The molecule has 2 aromatic rings. The molecule has 96 valence electrons. The highest BCUT2D eigenvalue weighted by molar-refractivity contribution is 9.10. The quantitative estimate of drug-likeness (QED) is 0.800. The van der Waals surface area contributed by atoms with Gasteiger partial charge in [0, 0.05) is 16.6 Å². The van der Waals surface area contributed by atoms with Crippen LogP contribution in [0.2, 0.25) is 0 Å². The van der Waals surface area contributed by atoms with Crippen molar-refractivity contribution >= 4 is 21.6 Å². The average molecular weight is 315 g/mol. The Kier molecular flexibility index (Phi) is 4.93. The van der Waals surface area contributed by atoms with E-state index in [4.69, 9.17) is 5.41 Å². The number of nitrogens with one attached hydrogen (secondary N) is 2. The standard InChI is InChI=1S/C16H15BrN2/c17-15-8-4-7-14(11-15)16(18)9-10-19-12-13-5-2-1-3-6-13/h1-11,18-19H,12H2/b10-9-,18-16?. The largest absolute Gasteiger partial charge is 0.387 e. The van der Waals surface area contributed by atoms with Crippen LogP contribution in [0.1, 0.15) is 11.1 Å². The van der Waals surface area contributed by atoms with E-state index in [2.05, 4.69) is 33.4 Å². The molecule has 0 atom stereocenters. The Balaban J connectivity index is 1.87. The highest BCUT2D eigenvalue weighted by atomic mass is 79.9. The molecule has 0 aliphatic rings. The maximum Gasteiger partial charge on any atom is 0.0626 e. The van der Waals surface area contributed by atoms with Crippen LogP contribution in [0.15, 0.2) is 71.3 Å². The lowest BCUT2D eigenvalue weighted by Crippen LogP contribution is -2.05. The van der Waals surface area contributed by atoms with E-state index in [0.717, 1.165) is 16.6 Å². The lowest BCUT2D eigenvalue weighted by Gasteiger charge is -2.02. The van der Waals surface area contributed by atoms with Crippen LogP contribution in [0.3, 0.4) is 0 Å². The van der Waals surface area contributed by atoms with Crippen LogP contribution in [0.4, 0.5) is 0 Å². The summed E-state index contributed by atoms with van der Waals surface area (Å²) in [5, 5.41) is 11.1. The molecule has 0 aromatic heterocycles. The fraction of sp³-hybridized carbons (Fsp3) is 0.0625. The van der Waals surface area contributed by atoms with E-state index in [0.29, 0.717) is 5.71 Å². The van der Waals surface area contributed by atoms with Crippen LogP contribution in [0.5, 0.6) is 0 Å². The Morgan fingerprint density at radius 1 is 1.11 bits per heavy atom. The van der Waals surface area contributed by atoms with Crippen LogP contribution in [0, 0.1) is 5.41 Å². The molecule has 0 unspecified atom stereocenters. The fourth-order valence-electron chi connectivity index (χ4n) is 1.67. The first-order valence-corrected chi connectivity index (χ1v) is 6.83. The van der Waals surface area contributed by atoms with Crippen LogP contribution < -0.4 is 5.32 Å². The lowest BCUT2D eigenvalue weighted by atomic mass is 10.1. The van der Waals surface area contributed by atoms with Crippen LogP contribution in [0.25, 0.3) is 0 Å². The van der Waals surface area contributed by atoms with Gasteiger partial charge in [-0.1, -0.05) is 58.4 Å². The van der Waals surface area contributed by atoms with Gasteiger partial charge in [-0.2, -0.15) is 0 Å². The first kappa shape index (κ1) is 13.6. The van der Waals surface area contributed by atoms with E-state index in [1.807, 2.05) is 48.7 Å². The number of halogens is 1. The summed E-state index contributed by atoms with van der Waals surface area (Å²) in [5.74, 6) is 0. The van der Waals surface area contributed by atoms with Crippen LogP contribution >= 0.6 is 15.9 Å². The highest BCUT2D eigenvalue weighted by Gasteiger charge is 1.97. The molecular weight excluding hydrogens is 300 g/mol. The Bertz CT molecular complexity index is 576. The summed E-state index contributed by atoms with van der Waals surface area (Å²) in [6.07, 6.45) is 3.58. The molecule has 3 heteroatoms. The SMILES string of the molecule is N=C(/C=C\NCc1ccccc1)c1cccc(Br)c1. The first-order valence-electron chi connectivity index (χ1n) is 6.04. The third-order valence-corrected chi connectivity index (χ3v) is 3.15. The third kappa shape index (κ3) is 4.38. The summed E-state index contributed by atoms with van der Waals surface area (Å²) in [6.45, 7) is 0.767. The monoisotopic (exact) mass is 314 g/mol. The van der Waals surface area contributed by atoms with E-state index in [1.165, 1.54) is 5.56 Å². The van der Waals surface area contributed by atoms with E-state index in [1.54, 1.807) is 6.08 Å². The Hall–Kier alpha value is -1.87. The smallest absolute Gasteiger partial charge is 0.0626 e. The third-order valence-electron chi connectivity index (χ3n) is 2.65. The predicted molar refractivity (Wildman–Crippen MR) is 83.4 cm³/mol. The summed E-state index contributed by atoms with van der Waals surface area (Å²) >= 11 is 3.41. The Morgan fingerprint density at radius 3 is 2.63 bits per heavy atom. The van der Waals surface area contributed by atoms with E-state index >= 15 is 0 Å². The first-order chi connectivity index (χ1) is 9.25. The minimum Gasteiger partial charge on any atom is -0.387 e. The molecule has 0 fully saturated rings. The number of hydrogen-bond donors (Lipinski definition) is 2. The van der Waals surface area contributed by atoms with Gasteiger partial charge in [-0.25, -0.2) is 0 Å². The van der Waals surface area contributed by atoms with Crippen LogP contribution in [-0.4, -0.2) is 5.71 Å². The van der Waals surface area contributed by atoms with Crippen molar-refractivity contribution < 1.29 is 0 Å². The van der Waals surface area contributed by atoms with Gasteiger partial charge in [-0.05, 0) is 30.0 Å².